The second-order valence-corrected chi connectivity index (χ2v) is 4.51. The number of hydrogen-bond acceptors (Lipinski definition) is 2. The molecule has 0 radical (unpaired) electrons. The summed E-state index contributed by atoms with van der Waals surface area (Å²) in [5.41, 5.74) is -0.509. The molecule has 1 heterocycles. The molecule has 2 rings (SSSR count). The van der Waals surface area contributed by atoms with E-state index in [4.69, 9.17) is 0 Å². The molecule has 0 fully saturated rings. The zero-order valence-electron chi connectivity index (χ0n) is 8.79. The van der Waals surface area contributed by atoms with Gasteiger partial charge in [-0.15, -0.1) is 11.3 Å². The van der Waals surface area contributed by atoms with Gasteiger partial charge in [0.25, 0.3) is 0 Å². The lowest BCUT2D eigenvalue weighted by molar-refractivity contribution is -0.136. The Balaban J connectivity index is 2.16. The van der Waals surface area contributed by atoms with Gasteiger partial charge in [-0.25, -0.2) is 0 Å². The summed E-state index contributed by atoms with van der Waals surface area (Å²) in [4.78, 5) is 1.00. The number of hydrogen-bond donors (Lipinski definition) is 1. The molecule has 0 bridgehead atoms. The van der Waals surface area contributed by atoms with E-state index < -0.39 is 11.7 Å². The third-order valence-electron chi connectivity index (χ3n) is 2.27. The third-order valence-corrected chi connectivity index (χ3v) is 3.14. The molecule has 1 aromatic carbocycles. The number of benzene rings is 1. The van der Waals surface area contributed by atoms with Crippen LogP contribution in [-0.2, 0) is 12.7 Å². The van der Waals surface area contributed by atoms with Gasteiger partial charge in [-0.2, -0.15) is 13.2 Å². The van der Waals surface area contributed by atoms with Crippen LogP contribution in [0.5, 0.6) is 0 Å². The van der Waals surface area contributed by atoms with Crippen LogP contribution >= 0.6 is 11.3 Å². The molecular weight excluding hydrogens is 247 g/mol. The largest absolute Gasteiger partial charge is 0.418 e. The molecule has 0 saturated heterocycles. The number of nitrogens with one attached hydrogen (secondary N) is 1. The molecule has 0 spiro atoms. The van der Waals surface area contributed by atoms with Crippen LogP contribution in [-0.4, -0.2) is 0 Å². The minimum atomic E-state index is -4.32. The van der Waals surface area contributed by atoms with Crippen molar-refractivity contribution in [1.82, 2.24) is 0 Å². The minimum absolute atomic E-state index is 0.119. The van der Waals surface area contributed by atoms with Gasteiger partial charge in [0.1, 0.15) is 0 Å². The van der Waals surface area contributed by atoms with Gasteiger partial charge in [0.15, 0.2) is 0 Å². The van der Waals surface area contributed by atoms with Gasteiger partial charge < -0.3 is 5.32 Å². The first kappa shape index (κ1) is 12.0. The summed E-state index contributed by atoms with van der Waals surface area (Å²) in [5, 5.41) is 4.71. The molecular formula is C12H10F3NS. The van der Waals surface area contributed by atoms with Gasteiger partial charge >= 0.3 is 6.18 Å². The van der Waals surface area contributed by atoms with Crippen molar-refractivity contribution in [3.05, 3.63) is 52.2 Å². The van der Waals surface area contributed by atoms with Crippen LogP contribution in [0.25, 0.3) is 0 Å². The molecule has 1 N–H and O–H groups in total. The lowest BCUT2D eigenvalue weighted by Crippen LogP contribution is -2.10. The summed E-state index contributed by atoms with van der Waals surface area (Å²) in [6.45, 7) is 0.408. The van der Waals surface area contributed by atoms with Gasteiger partial charge in [-0.3, -0.25) is 0 Å². The summed E-state index contributed by atoms with van der Waals surface area (Å²) >= 11 is 1.51. The van der Waals surface area contributed by atoms with Crippen LogP contribution < -0.4 is 5.32 Å². The summed E-state index contributed by atoms with van der Waals surface area (Å²) in [7, 11) is 0. The van der Waals surface area contributed by atoms with Gasteiger partial charge in [0.05, 0.1) is 5.56 Å². The van der Waals surface area contributed by atoms with Crippen molar-refractivity contribution >= 4 is 17.0 Å². The van der Waals surface area contributed by atoms with Crippen molar-refractivity contribution in [2.45, 2.75) is 12.7 Å². The maximum Gasteiger partial charge on any atom is 0.418 e. The van der Waals surface area contributed by atoms with Crippen molar-refractivity contribution in [1.29, 1.82) is 0 Å². The Morgan fingerprint density at radius 2 is 1.82 bits per heavy atom. The Labute approximate surface area is 101 Å². The van der Waals surface area contributed by atoms with Gasteiger partial charge in [-0.1, -0.05) is 18.2 Å². The van der Waals surface area contributed by atoms with E-state index in [-0.39, 0.29) is 5.69 Å². The first-order valence-electron chi connectivity index (χ1n) is 5.00. The molecule has 2 aromatic rings. The minimum Gasteiger partial charge on any atom is -0.380 e. The number of alkyl halides is 3. The Kier molecular flexibility index (Phi) is 3.38. The average Bonchev–Trinajstić information content (AvgIpc) is 2.78. The molecule has 17 heavy (non-hydrogen) atoms. The molecule has 0 saturated carbocycles. The van der Waals surface area contributed by atoms with Crippen LogP contribution in [0.4, 0.5) is 18.9 Å². The van der Waals surface area contributed by atoms with E-state index in [1.807, 2.05) is 17.5 Å². The van der Waals surface area contributed by atoms with E-state index in [9.17, 15) is 13.2 Å². The quantitative estimate of drug-likeness (QED) is 0.860. The van der Waals surface area contributed by atoms with E-state index in [2.05, 4.69) is 5.32 Å². The van der Waals surface area contributed by atoms with Gasteiger partial charge in [0, 0.05) is 17.1 Å². The van der Waals surface area contributed by atoms with Gasteiger partial charge in [-0.05, 0) is 23.6 Å². The van der Waals surface area contributed by atoms with Crippen LogP contribution in [0, 0.1) is 0 Å². The lowest BCUT2D eigenvalue weighted by Gasteiger charge is -2.13. The fraction of sp³-hybridized carbons (Fsp3) is 0.167. The van der Waals surface area contributed by atoms with Crippen molar-refractivity contribution in [2.75, 3.05) is 5.32 Å². The van der Waals surface area contributed by atoms with E-state index >= 15 is 0 Å². The van der Waals surface area contributed by atoms with Crippen LogP contribution in [0.2, 0.25) is 0 Å². The predicted molar refractivity (Wildman–Crippen MR) is 63.1 cm³/mol. The van der Waals surface area contributed by atoms with E-state index in [1.54, 1.807) is 6.07 Å². The van der Waals surface area contributed by atoms with Gasteiger partial charge in [0.2, 0.25) is 0 Å². The second kappa shape index (κ2) is 4.79. The average molecular weight is 257 g/mol. The zero-order chi connectivity index (χ0) is 12.3. The molecule has 0 aliphatic rings. The topological polar surface area (TPSA) is 12.0 Å². The Morgan fingerprint density at radius 3 is 2.47 bits per heavy atom. The van der Waals surface area contributed by atoms with E-state index in [0.717, 1.165) is 10.9 Å². The highest BCUT2D eigenvalue weighted by Crippen LogP contribution is 2.34. The second-order valence-electron chi connectivity index (χ2n) is 3.48. The number of para-hydroxylation sites is 1. The summed E-state index contributed by atoms with van der Waals surface area (Å²) < 4.78 is 38.0. The molecule has 1 nitrogen and oxygen atoms in total. The zero-order valence-corrected chi connectivity index (χ0v) is 9.61. The van der Waals surface area contributed by atoms with Crippen LogP contribution in [0.3, 0.4) is 0 Å². The van der Waals surface area contributed by atoms with Crippen LogP contribution in [0.15, 0.2) is 41.8 Å². The monoisotopic (exact) mass is 257 g/mol. The number of halogens is 3. The van der Waals surface area contributed by atoms with Crippen molar-refractivity contribution < 1.29 is 13.2 Å². The van der Waals surface area contributed by atoms with Crippen LogP contribution in [0.1, 0.15) is 10.4 Å². The first-order valence-corrected chi connectivity index (χ1v) is 5.88. The summed E-state index contributed by atoms with van der Waals surface area (Å²) in [5.74, 6) is 0. The maximum atomic E-state index is 12.7. The number of anilines is 1. The molecule has 0 atom stereocenters. The molecule has 0 amide bonds. The third kappa shape index (κ3) is 3.00. The fourth-order valence-electron chi connectivity index (χ4n) is 1.48. The van der Waals surface area contributed by atoms with Crippen molar-refractivity contribution in [2.24, 2.45) is 0 Å². The Morgan fingerprint density at radius 1 is 1.06 bits per heavy atom. The first-order chi connectivity index (χ1) is 8.07. The Bertz CT molecular complexity index is 477. The number of rotatable bonds is 3. The maximum absolute atomic E-state index is 12.7. The molecule has 90 valence electrons. The molecule has 1 aromatic heterocycles. The predicted octanol–water partition coefficient (Wildman–Crippen LogP) is 4.38. The highest BCUT2D eigenvalue weighted by molar-refractivity contribution is 7.09. The lowest BCUT2D eigenvalue weighted by atomic mass is 10.1. The standard InChI is InChI=1S/C12H10F3NS/c13-12(14,15)10-5-1-2-6-11(10)16-8-9-4-3-7-17-9/h1-7,16H,8H2. The molecule has 0 aliphatic heterocycles. The normalized spacial score (nSPS) is 11.5. The van der Waals surface area contributed by atoms with E-state index in [1.165, 1.54) is 23.5 Å². The van der Waals surface area contributed by atoms with Crippen molar-refractivity contribution in [3.63, 3.8) is 0 Å². The number of thiophene rings is 1. The van der Waals surface area contributed by atoms with E-state index in [0.29, 0.717) is 6.54 Å². The SMILES string of the molecule is FC(F)(F)c1ccccc1NCc1cccs1. The summed E-state index contributed by atoms with van der Waals surface area (Å²) in [6, 6.07) is 9.25. The molecule has 0 aliphatic carbocycles. The highest BCUT2D eigenvalue weighted by atomic mass is 32.1. The Hall–Kier alpha value is -1.49. The fourth-order valence-corrected chi connectivity index (χ4v) is 2.12. The smallest absolute Gasteiger partial charge is 0.380 e. The molecule has 5 heteroatoms. The summed E-state index contributed by atoms with van der Waals surface area (Å²) in [6.07, 6.45) is -4.32. The van der Waals surface area contributed by atoms with Crippen molar-refractivity contribution in [3.8, 4) is 0 Å². The molecule has 0 unspecified atom stereocenters. The highest BCUT2D eigenvalue weighted by Gasteiger charge is 2.32.